The fraction of sp³-hybridized carbons (Fsp3) is 0.300. The van der Waals surface area contributed by atoms with E-state index in [1.807, 2.05) is 36.4 Å². The van der Waals surface area contributed by atoms with Gasteiger partial charge in [-0.1, -0.05) is 23.7 Å². The summed E-state index contributed by atoms with van der Waals surface area (Å²) in [5, 5.41) is 7.13. The summed E-state index contributed by atoms with van der Waals surface area (Å²) in [5.74, 6) is 1.31. The number of hydrogen-bond donors (Lipinski definition) is 3. The molecular formula is C20H19ClN4O2. The van der Waals surface area contributed by atoms with Crippen molar-refractivity contribution in [3.63, 3.8) is 0 Å². The number of carbonyl (C=O) groups excluding carboxylic acids is 1. The van der Waals surface area contributed by atoms with Gasteiger partial charge in [-0.05, 0) is 37.1 Å². The van der Waals surface area contributed by atoms with Crippen LogP contribution in [0.5, 0.6) is 5.75 Å². The van der Waals surface area contributed by atoms with Crippen LogP contribution in [0.15, 0.2) is 36.4 Å². The number of nitrogens with one attached hydrogen (secondary N) is 3. The minimum absolute atomic E-state index is 0.135. The second-order valence-corrected chi connectivity index (χ2v) is 7.54. The molecule has 2 aliphatic rings. The SMILES string of the molecule is O=C(NC1(c2nc3ccc(Cl)cc3[nH]2)CC1)c1cccc2c1OCCNC2. The van der Waals surface area contributed by atoms with Crippen molar-refractivity contribution in [1.29, 1.82) is 0 Å². The van der Waals surface area contributed by atoms with Crippen LogP contribution in [0.4, 0.5) is 0 Å². The van der Waals surface area contributed by atoms with Crippen LogP contribution in [-0.4, -0.2) is 29.0 Å². The molecular weight excluding hydrogens is 364 g/mol. The normalized spacial score (nSPS) is 17.7. The number of halogens is 1. The van der Waals surface area contributed by atoms with Crippen molar-refractivity contribution in [2.45, 2.75) is 24.9 Å². The first-order valence-electron chi connectivity index (χ1n) is 9.08. The van der Waals surface area contributed by atoms with Crippen molar-refractivity contribution in [3.8, 4) is 5.75 Å². The molecule has 1 saturated carbocycles. The van der Waals surface area contributed by atoms with Gasteiger partial charge in [0, 0.05) is 23.7 Å². The molecule has 1 fully saturated rings. The zero-order valence-electron chi connectivity index (χ0n) is 14.6. The van der Waals surface area contributed by atoms with Crippen LogP contribution in [-0.2, 0) is 12.1 Å². The Morgan fingerprint density at radius 3 is 3.00 bits per heavy atom. The van der Waals surface area contributed by atoms with Gasteiger partial charge in [0.1, 0.15) is 18.2 Å². The second-order valence-electron chi connectivity index (χ2n) is 7.10. The molecule has 1 amide bonds. The van der Waals surface area contributed by atoms with Gasteiger partial charge in [0.25, 0.3) is 5.91 Å². The van der Waals surface area contributed by atoms with Crippen molar-refractivity contribution in [2.24, 2.45) is 0 Å². The summed E-state index contributed by atoms with van der Waals surface area (Å²) in [6, 6.07) is 11.2. The van der Waals surface area contributed by atoms with Gasteiger partial charge in [-0.15, -0.1) is 0 Å². The van der Waals surface area contributed by atoms with Crippen LogP contribution in [0.1, 0.15) is 34.6 Å². The average molecular weight is 383 g/mol. The number of aromatic nitrogens is 2. The highest BCUT2D eigenvalue weighted by molar-refractivity contribution is 6.31. The first-order valence-corrected chi connectivity index (χ1v) is 9.46. The van der Waals surface area contributed by atoms with Crippen molar-refractivity contribution < 1.29 is 9.53 Å². The monoisotopic (exact) mass is 382 g/mol. The number of H-pyrrole nitrogens is 1. The van der Waals surface area contributed by atoms with Crippen molar-refractivity contribution >= 4 is 28.5 Å². The van der Waals surface area contributed by atoms with Crippen LogP contribution < -0.4 is 15.4 Å². The van der Waals surface area contributed by atoms with E-state index in [4.69, 9.17) is 16.3 Å². The van der Waals surface area contributed by atoms with E-state index in [2.05, 4.69) is 20.6 Å². The summed E-state index contributed by atoms with van der Waals surface area (Å²) < 4.78 is 5.84. The molecule has 3 aromatic rings. The minimum Gasteiger partial charge on any atom is -0.491 e. The molecule has 3 N–H and O–H groups in total. The lowest BCUT2D eigenvalue weighted by atomic mass is 10.1. The van der Waals surface area contributed by atoms with Gasteiger partial charge in [0.05, 0.1) is 22.1 Å². The number of nitrogens with zero attached hydrogens (tertiary/aromatic N) is 1. The zero-order valence-corrected chi connectivity index (χ0v) is 15.4. The van der Waals surface area contributed by atoms with Gasteiger partial charge in [-0.2, -0.15) is 0 Å². The molecule has 7 heteroatoms. The van der Waals surface area contributed by atoms with Crippen molar-refractivity contribution in [1.82, 2.24) is 20.6 Å². The molecule has 0 unspecified atom stereocenters. The molecule has 138 valence electrons. The Hall–Kier alpha value is -2.57. The first kappa shape index (κ1) is 16.6. The standard InChI is InChI=1S/C20H19ClN4O2/c21-13-4-5-15-16(10-13)24-19(23-15)20(6-7-20)25-18(26)14-3-1-2-12-11-22-8-9-27-17(12)14/h1-5,10,22H,6-9,11H2,(H,23,24)(H,25,26). The molecule has 5 rings (SSSR count). The van der Waals surface area contributed by atoms with Crippen molar-refractivity contribution in [2.75, 3.05) is 13.2 Å². The molecule has 0 bridgehead atoms. The summed E-state index contributed by atoms with van der Waals surface area (Å²) >= 11 is 6.07. The molecule has 0 saturated heterocycles. The third-order valence-electron chi connectivity index (χ3n) is 5.18. The van der Waals surface area contributed by atoms with E-state index < -0.39 is 5.54 Å². The highest BCUT2D eigenvalue weighted by Crippen LogP contribution is 2.45. The number of para-hydroxylation sites is 1. The zero-order chi connectivity index (χ0) is 18.4. The third-order valence-corrected chi connectivity index (χ3v) is 5.42. The maximum atomic E-state index is 13.1. The number of ether oxygens (including phenoxy) is 1. The summed E-state index contributed by atoms with van der Waals surface area (Å²) in [6.07, 6.45) is 1.70. The second kappa shape index (κ2) is 6.25. The number of imidazole rings is 1. The molecule has 2 heterocycles. The number of benzene rings is 2. The number of carbonyl (C=O) groups is 1. The highest BCUT2D eigenvalue weighted by atomic mass is 35.5. The Labute approximate surface area is 161 Å². The van der Waals surface area contributed by atoms with E-state index in [9.17, 15) is 4.79 Å². The van der Waals surface area contributed by atoms with Crippen LogP contribution in [0.3, 0.4) is 0 Å². The molecule has 1 aliphatic heterocycles. The molecule has 1 aromatic heterocycles. The lowest BCUT2D eigenvalue weighted by Crippen LogP contribution is -2.36. The Morgan fingerprint density at radius 1 is 1.26 bits per heavy atom. The summed E-state index contributed by atoms with van der Waals surface area (Å²) in [7, 11) is 0. The number of fused-ring (bicyclic) bond motifs is 2. The van der Waals surface area contributed by atoms with Crippen LogP contribution in [0.25, 0.3) is 11.0 Å². The Bertz CT molecular complexity index is 1040. The number of aromatic amines is 1. The average Bonchev–Trinajstić information content (AvgIpc) is 3.38. The van der Waals surface area contributed by atoms with Gasteiger partial charge in [-0.25, -0.2) is 4.98 Å². The Balaban J connectivity index is 1.45. The van der Waals surface area contributed by atoms with E-state index in [-0.39, 0.29) is 5.91 Å². The van der Waals surface area contributed by atoms with Gasteiger partial charge < -0.3 is 20.4 Å². The summed E-state index contributed by atoms with van der Waals surface area (Å²) in [5.41, 5.74) is 2.85. The number of amides is 1. The minimum atomic E-state index is -0.450. The highest BCUT2D eigenvalue weighted by Gasteiger charge is 2.49. The molecule has 0 spiro atoms. The fourth-order valence-corrected chi connectivity index (χ4v) is 3.73. The smallest absolute Gasteiger partial charge is 0.255 e. The van der Waals surface area contributed by atoms with Gasteiger partial charge in [-0.3, -0.25) is 4.79 Å². The van der Waals surface area contributed by atoms with Gasteiger partial charge in [0.15, 0.2) is 0 Å². The van der Waals surface area contributed by atoms with E-state index in [0.29, 0.717) is 29.5 Å². The lowest BCUT2D eigenvalue weighted by molar-refractivity contribution is 0.0925. The molecule has 2 aromatic carbocycles. The van der Waals surface area contributed by atoms with Crippen molar-refractivity contribution in [3.05, 3.63) is 58.4 Å². The quantitative estimate of drug-likeness (QED) is 0.650. The third kappa shape index (κ3) is 2.95. The van der Waals surface area contributed by atoms with Crippen LogP contribution in [0, 0.1) is 0 Å². The largest absolute Gasteiger partial charge is 0.491 e. The number of rotatable bonds is 3. The van der Waals surface area contributed by atoms with Gasteiger partial charge >= 0.3 is 0 Å². The van der Waals surface area contributed by atoms with Crippen LogP contribution >= 0.6 is 11.6 Å². The van der Waals surface area contributed by atoms with Crippen LogP contribution in [0.2, 0.25) is 5.02 Å². The summed E-state index contributed by atoms with van der Waals surface area (Å²) in [4.78, 5) is 21.0. The topological polar surface area (TPSA) is 79.0 Å². The fourth-order valence-electron chi connectivity index (χ4n) is 3.56. The maximum Gasteiger partial charge on any atom is 0.255 e. The Kier molecular flexibility index (Phi) is 3.84. The maximum absolute atomic E-state index is 13.1. The molecule has 6 nitrogen and oxygen atoms in total. The number of hydrogen-bond acceptors (Lipinski definition) is 4. The van der Waals surface area contributed by atoms with E-state index in [0.717, 1.165) is 41.8 Å². The lowest BCUT2D eigenvalue weighted by Gasteiger charge is -2.17. The van der Waals surface area contributed by atoms with E-state index >= 15 is 0 Å². The van der Waals surface area contributed by atoms with Gasteiger partial charge in [0.2, 0.25) is 0 Å². The summed E-state index contributed by atoms with van der Waals surface area (Å²) in [6.45, 7) is 2.01. The predicted molar refractivity (Wildman–Crippen MR) is 103 cm³/mol. The molecule has 0 atom stereocenters. The molecule has 1 aliphatic carbocycles. The van der Waals surface area contributed by atoms with E-state index in [1.54, 1.807) is 0 Å². The first-order chi connectivity index (χ1) is 13.1. The Morgan fingerprint density at radius 2 is 2.15 bits per heavy atom. The molecule has 0 radical (unpaired) electrons. The molecule has 27 heavy (non-hydrogen) atoms. The predicted octanol–water partition coefficient (Wildman–Crippen LogP) is 3.12. The van der Waals surface area contributed by atoms with E-state index in [1.165, 1.54) is 0 Å².